The fourth-order valence-corrected chi connectivity index (χ4v) is 1.79. The highest BCUT2D eigenvalue weighted by Crippen LogP contribution is 2.21. The molecular weight excluding hydrogens is 373 g/mol. The minimum atomic E-state index is 0. The van der Waals surface area contributed by atoms with Gasteiger partial charge in [0.15, 0.2) is 12.4 Å². The average Bonchev–Trinajstić information content (AvgIpc) is 2.41. The van der Waals surface area contributed by atoms with E-state index < -0.39 is 0 Å². The minimum absolute atomic E-state index is 0. The lowest BCUT2D eigenvalue weighted by Gasteiger charge is -2.06. The number of pyridine rings is 1. The first kappa shape index (κ1) is 16.2. The van der Waals surface area contributed by atoms with E-state index in [1.54, 1.807) is 0 Å². The fourth-order valence-electron chi connectivity index (χ4n) is 1.68. The van der Waals surface area contributed by atoms with Crippen molar-refractivity contribution in [1.82, 2.24) is 0 Å². The molecule has 0 fully saturated rings. The van der Waals surface area contributed by atoms with Crippen LogP contribution in [-0.2, 0) is 7.05 Å². The van der Waals surface area contributed by atoms with E-state index >= 15 is 0 Å². The van der Waals surface area contributed by atoms with Crippen molar-refractivity contribution in [3.05, 3.63) is 48.8 Å². The molecule has 0 aliphatic heterocycles. The lowest BCUT2D eigenvalue weighted by atomic mass is 10.1. The molecule has 1 aromatic carbocycles. The first-order valence-corrected chi connectivity index (χ1v) is 6.57. The average molecular weight is 390 g/mol. The first-order valence-electron chi connectivity index (χ1n) is 6.04. The molecule has 0 saturated heterocycles. The maximum atomic E-state index is 5.60. The van der Waals surface area contributed by atoms with Crippen LogP contribution in [0.3, 0.4) is 0 Å². The molecule has 0 spiro atoms. The standard InChI is InChI=1S/C15H17ClNO.HI/c1-17-10-7-14(8-11-17)13-3-5-15(6-4-13)18-12-2-9-16;/h3-8,10-11H,2,9,12H2,1H3;1H/q+1;/p-1. The van der Waals surface area contributed by atoms with Gasteiger partial charge >= 0.3 is 0 Å². The Morgan fingerprint density at radius 1 is 1.00 bits per heavy atom. The predicted octanol–water partition coefficient (Wildman–Crippen LogP) is 0.190. The number of aromatic nitrogens is 1. The van der Waals surface area contributed by atoms with Crippen molar-refractivity contribution in [2.24, 2.45) is 7.05 Å². The van der Waals surface area contributed by atoms with Crippen molar-refractivity contribution >= 4 is 11.6 Å². The fraction of sp³-hybridized carbons (Fsp3) is 0.267. The molecule has 0 amide bonds. The SMILES string of the molecule is C[n+]1ccc(-c2ccc(OCCCCl)cc2)cc1.[I-]. The number of ether oxygens (including phenoxy) is 1. The zero-order chi connectivity index (χ0) is 12.8. The number of rotatable bonds is 5. The Morgan fingerprint density at radius 3 is 2.16 bits per heavy atom. The molecule has 102 valence electrons. The van der Waals surface area contributed by atoms with Crippen molar-refractivity contribution in [1.29, 1.82) is 0 Å². The van der Waals surface area contributed by atoms with E-state index in [1.165, 1.54) is 11.1 Å². The van der Waals surface area contributed by atoms with Gasteiger partial charge in [-0.3, -0.25) is 0 Å². The zero-order valence-electron chi connectivity index (χ0n) is 10.9. The van der Waals surface area contributed by atoms with Crippen LogP contribution in [0.4, 0.5) is 0 Å². The molecule has 0 atom stereocenters. The first-order chi connectivity index (χ1) is 8.79. The van der Waals surface area contributed by atoms with E-state index in [-0.39, 0.29) is 24.0 Å². The molecule has 0 saturated carbocycles. The lowest BCUT2D eigenvalue weighted by molar-refractivity contribution is -0.671. The molecule has 0 aliphatic carbocycles. The summed E-state index contributed by atoms with van der Waals surface area (Å²) >= 11 is 5.60. The lowest BCUT2D eigenvalue weighted by Crippen LogP contribution is -3.00. The van der Waals surface area contributed by atoms with Crippen molar-refractivity contribution in [2.75, 3.05) is 12.5 Å². The molecule has 2 aromatic rings. The number of alkyl halides is 1. The van der Waals surface area contributed by atoms with Gasteiger partial charge in [-0.2, -0.15) is 0 Å². The summed E-state index contributed by atoms with van der Waals surface area (Å²) in [6.45, 7) is 0.671. The van der Waals surface area contributed by atoms with Gasteiger partial charge in [0.1, 0.15) is 12.8 Å². The monoisotopic (exact) mass is 389 g/mol. The number of benzene rings is 1. The molecule has 1 aromatic heterocycles. The van der Waals surface area contributed by atoms with Crippen LogP contribution in [0.25, 0.3) is 11.1 Å². The number of hydrogen-bond acceptors (Lipinski definition) is 1. The quantitative estimate of drug-likeness (QED) is 0.308. The summed E-state index contributed by atoms with van der Waals surface area (Å²) < 4.78 is 7.59. The van der Waals surface area contributed by atoms with E-state index in [0.29, 0.717) is 12.5 Å². The van der Waals surface area contributed by atoms with Crippen molar-refractivity contribution in [3.8, 4) is 16.9 Å². The summed E-state index contributed by atoms with van der Waals surface area (Å²) in [6.07, 6.45) is 4.96. The van der Waals surface area contributed by atoms with Gasteiger partial charge in [-0.15, -0.1) is 11.6 Å². The molecule has 1 heterocycles. The van der Waals surface area contributed by atoms with E-state index in [0.717, 1.165) is 12.2 Å². The van der Waals surface area contributed by atoms with Crippen LogP contribution in [0.5, 0.6) is 5.75 Å². The highest BCUT2D eigenvalue weighted by Gasteiger charge is 2.00. The van der Waals surface area contributed by atoms with Crippen LogP contribution in [0.2, 0.25) is 0 Å². The van der Waals surface area contributed by atoms with Gasteiger partial charge in [-0.25, -0.2) is 4.57 Å². The van der Waals surface area contributed by atoms with Crippen LogP contribution < -0.4 is 33.3 Å². The molecule has 19 heavy (non-hydrogen) atoms. The Balaban J connectivity index is 0.00000180. The number of aryl methyl sites for hydroxylation is 1. The molecule has 0 bridgehead atoms. The van der Waals surface area contributed by atoms with Gasteiger partial charge in [0.2, 0.25) is 0 Å². The molecular formula is C15H17ClINO. The van der Waals surface area contributed by atoms with Crippen molar-refractivity contribution in [2.45, 2.75) is 6.42 Å². The Hall–Kier alpha value is -0.810. The second-order valence-corrected chi connectivity index (χ2v) is 4.55. The highest BCUT2D eigenvalue weighted by molar-refractivity contribution is 6.17. The number of halogens is 2. The molecule has 0 N–H and O–H groups in total. The van der Waals surface area contributed by atoms with Gasteiger partial charge in [-0.05, 0) is 29.7 Å². The molecule has 2 nitrogen and oxygen atoms in total. The van der Waals surface area contributed by atoms with Gasteiger partial charge in [-0.1, -0.05) is 12.1 Å². The number of nitrogens with zero attached hydrogens (tertiary/aromatic N) is 1. The largest absolute Gasteiger partial charge is 1.00 e. The number of hydrogen-bond donors (Lipinski definition) is 0. The second kappa shape index (κ2) is 8.38. The van der Waals surface area contributed by atoms with E-state index in [1.807, 2.05) is 36.1 Å². The summed E-state index contributed by atoms with van der Waals surface area (Å²) in [7, 11) is 2.01. The Morgan fingerprint density at radius 2 is 1.58 bits per heavy atom. The molecule has 0 unspecified atom stereocenters. The van der Waals surface area contributed by atoms with E-state index in [4.69, 9.17) is 16.3 Å². The third kappa shape index (κ3) is 4.99. The Kier molecular flexibility index (Phi) is 7.16. The van der Waals surface area contributed by atoms with Gasteiger partial charge in [0.25, 0.3) is 0 Å². The van der Waals surface area contributed by atoms with Crippen LogP contribution in [-0.4, -0.2) is 12.5 Å². The summed E-state index contributed by atoms with van der Waals surface area (Å²) in [5.41, 5.74) is 2.40. The summed E-state index contributed by atoms with van der Waals surface area (Å²) in [4.78, 5) is 0. The van der Waals surface area contributed by atoms with Crippen LogP contribution in [0.1, 0.15) is 6.42 Å². The summed E-state index contributed by atoms with van der Waals surface area (Å²) in [6, 6.07) is 12.3. The third-order valence-electron chi connectivity index (χ3n) is 2.71. The minimum Gasteiger partial charge on any atom is -1.00 e. The Bertz CT molecular complexity index is 485. The molecule has 0 aliphatic rings. The Labute approximate surface area is 136 Å². The van der Waals surface area contributed by atoms with Gasteiger partial charge < -0.3 is 28.7 Å². The summed E-state index contributed by atoms with van der Waals surface area (Å²) in [5, 5.41) is 0. The zero-order valence-corrected chi connectivity index (χ0v) is 13.8. The third-order valence-corrected chi connectivity index (χ3v) is 2.98. The van der Waals surface area contributed by atoms with Crippen LogP contribution >= 0.6 is 11.6 Å². The maximum Gasteiger partial charge on any atom is 0.169 e. The van der Waals surface area contributed by atoms with Crippen molar-refractivity contribution < 1.29 is 33.3 Å². The molecule has 2 rings (SSSR count). The second-order valence-electron chi connectivity index (χ2n) is 4.17. The van der Waals surface area contributed by atoms with E-state index in [9.17, 15) is 0 Å². The topological polar surface area (TPSA) is 13.1 Å². The smallest absolute Gasteiger partial charge is 0.169 e. The maximum absolute atomic E-state index is 5.60. The summed E-state index contributed by atoms with van der Waals surface area (Å²) in [5.74, 6) is 1.53. The van der Waals surface area contributed by atoms with E-state index in [2.05, 4.69) is 24.3 Å². The van der Waals surface area contributed by atoms with Crippen LogP contribution in [0, 0.1) is 0 Å². The van der Waals surface area contributed by atoms with Crippen LogP contribution in [0.15, 0.2) is 48.8 Å². The normalized spacial score (nSPS) is 9.79. The predicted molar refractivity (Wildman–Crippen MR) is 73.9 cm³/mol. The van der Waals surface area contributed by atoms with Gasteiger partial charge in [0, 0.05) is 18.0 Å². The van der Waals surface area contributed by atoms with Gasteiger partial charge in [0.05, 0.1) is 6.61 Å². The highest BCUT2D eigenvalue weighted by atomic mass is 127. The molecule has 0 radical (unpaired) electrons. The van der Waals surface area contributed by atoms with Crippen molar-refractivity contribution in [3.63, 3.8) is 0 Å². The molecule has 4 heteroatoms.